The Morgan fingerprint density at radius 2 is 1.73 bits per heavy atom. The Bertz CT molecular complexity index is 935. The van der Waals surface area contributed by atoms with Gasteiger partial charge in [-0.25, -0.2) is 4.79 Å². The van der Waals surface area contributed by atoms with Gasteiger partial charge < -0.3 is 9.47 Å². The highest BCUT2D eigenvalue weighted by Crippen LogP contribution is 2.32. The minimum absolute atomic E-state index is 0.0138. The van der Waals surface area contributed by atoms with Gasteiger partial charge >= 0.3 is 18.4 Å². The average molecular weight is 497 g/mol. The summed E-state index contributed by atoms with van der Waals surface area (Å²) in [5.41, 5.74) is -0.229. The van der Waals surface area contributed by atoms with Crippen LogP contribution < -0.4 is 5.32 Å². The maximum atomic E-state index is 13.5. The Balaban J connectivity index is 1.62. The zero-order valence-corrected chi connectivity index (χ0v) is 17.7. The van der Waals surface area contributed by atoms with Crippen molar-refractivity contribution in [2.24, 2.45) is 0 Å². The van der Waals surface area contributed by atoms with Crippen LogP contribution in [0.1, 0.15) is 17.2 Å². The van der Waals surface area contributed by atoms with Crippen molar-refractivity contribution in [3.63, 3.8) is 0 Å². The predicted molar refractivity (Wildman–Crippen MR) is 108 cm³/mol. The molecule has 0 bridgehead atoms. The fourth-order valence-electron chi connectivity index (χ4n) is 3.21. The van der Waals surface area contributed by atoms with Crippen LogP contribution in [0.2, 0.25) is 5.02 Å². The summed E-state index contributed by atoms with van der Waals surface area (Å²) in [4.78, 5) is 13.4. The molecule has 33 heavy (non-hydrogen) atoms. The number of anilines is 1. The summed E-state index contributed by atoms with van der Waals surface area (Å²) in [6.45, 7) is -0.475. The van der Waals surface area contributed by atoms with E-state index in [2.05, 4.69) is 10.1 Å². The van der Waals surface area contributed by atoms with Gasteiger partial charge in [0.2, 0.25) is 6.10 Å². The molecule has 0 aliphatic carbocycles. The van der Waals surface area contributed by atoms with Crippen molar-refractivity contribution in [1.29, 1.82) is 0 Å². The van der Waals surface area contributed by atoms with Gasteiger partial charge in [0.15, 0.2) is 0 Å². The van der Waals surface area contributed by atoms with E-state index in [1.165, 1.54) is 41.3 Å². The van der Waals surface area contributed by atoms with Crippen LogP contribution in [0.4, 0.5) is 36.8 Å². The van der Waals surface area contributed by atoms with E-state index in [0.717, 1.165) is 12.1 Å². The number of hydrogen-bond acceptors (Lipinski definition) is 4. The Morgan fingerprint density at radius 1 is 1.09 bits per heavy atom. The van der Waals surface area contributed by atoms with Crippen molar-refractivity contribution in [3.05, 3.63) is 64.7 Å². The predicted octanol–water partition coefficient (Wildman–Crippen LogP) is 5.91. The topological polar surface area (TPSA) is 50.8 Å². The van der Waals surface area contributed by atoms with Crippen LogP contribution in [0.3, 0.4) is 0 Å². The number of alkyl halides is 6. The number of hydrogen-bond donors (Lipinski definition) is 1. The largest absolute Gasteiger partial charge is 0.435 e. The lowest BCUT2D eigenvalue weighted by atomic mass is 10.0. The van der Waals surface area contributed by atoms with Gasteiger partial charge in [0.05, 0.1) is 18.3 Å². The van der Waals surface area contributed by atoms with Crippen molar-refractivity contribution in [3.8, 4) is 0 Å². The second-order valence-electron chi connectivity index (χ2n) is 7.31. The van der Waals surface area contributed by atoms with Gasteiger partial charge in [0.25, 0.3) is 0 Å². The van der Waals surface area contributed by atoms with Gasteiger partial charge in [-0.2, -0.15) is 26.3 Å². The van der Waals surface area contributed by atoms with Gasteiger partial charge in [0.1, 0.15) is 0 Å². The standard InChI is InChI=1S/C21H19ClF6N2O3/c22-15-5-7-16(8-6-15)29-19(31)33-18(21(26,27)28)12-30-9-10-32-17(11-30)13-1-3-14(4-2-13)20(23,24)25/h1-8,17-18H,9-12H2,(H,29,31)/t17-,18?/m0/s1. The molecule has 1 amide bonds. The first kappa shape index (κ1) is 25.1. The number of ether oxygens (including phenoxy) is 2. The van der Waals surface area contributed by atoms with E-state index in [1.54, 1.807) is 0 Å². The van der Waals surface area contributed by atoms with E-state index in [0.29, 0.717) is 10.6 Å². The van der Waals surface area contributed by atoms with Crippen LogP contribution in [0.15, 0.2) is 48.5 Å². The molecule has 12 heteroatoms. The zero-order valence-electron chi connectivity index (χ0n) is 16.9. The Labute approximate surface area is 190 Å². The fraction of sp³-hybridized carbons (Fsp3) is 0.381. The van der Waals surface area contributed by atoms with Gasteiger partial charge in [-0.15, -0.1) is 0 Å². The molecule has 1 saturated heterocycles. The highest BCUT2D eigenvalue weighted by atomic mass is 35.5. The van der Waals surface area contributed by atoms with Crippen molar-refractivity contribution in [2.45, 2.75) is 24.6 Å². The first-order valence-corrected chi connectivity index (χ1v) is 10.1. The fourth-order valence-corrected chi connectivity index (χ4v) is 3.33. The molecule has 1 unspecified atom stereocenters. The molecule has 0 aromatic heterocycles. The molecule has 0 saturated carbocycles. The first-order chi connectivity index (χ1) is 15.4. The third kappa shape index (κ3) is 7.24. The van der Waals surface area contributed by atoms with Crippen LogP contribution >= 0.6 is 11.6 Å². The second kappa shape index (κ2) is 10.2. The summed E-state index contributed by atoms with van der Waals surface area (Å²) < 4.78 is 88.9. The summed E-state index contributed by atoms with van der Waals surface area (Å²) in [6.07, 6.45) is -13.8. The molecule has 0 radical (unpaired) electrons. The molecular formula is C21H19ClF6N2O3. The number of carbonyl (C=O) groups excluding carboxylic acids is 1. The molecule has 2 aromatic carbocycles. The van der Waals surface area contributed by atoms with Crippen molar-refractivity contribution < 1.29 is 40.6 Å². The average Bonchev–Trinajstić information content (AvgIpc) is 2.74. The SMILES string of the molecule is O=C(Nc1ccc(Cl)cc1)OC(CN1CCO[C@H](c2ccc(C(F)(F)F)cc2)C1)C(F)(F)F. The number of benzene rings is 2. The van der Waals surface area contributed by atoms with Crippen LogP contribution in [0.25, 0.3) is 0 Å². The van der Waals surface area contributed by atoms with Crippen molar-refractivity contribution in [1.82, 2.24) is 4.90 Å². The molecule has 1 aliphatic heterocycles. The molecule has 1 aliphatic rings. The summed E-state index contributed by atoms with van der Waals surface area (Å²) in [5, 5.41) is 2.59. The minimum Gasteiger partial charge on any atom is -0.435 e. The van der Waals surface area contributed by atoms with E-state index in [1.807, 2.05) is 0 Å². The van der Waals surface area contributed by atoms with Crippen molar-refractivity contribution in [2.75, 3.05) is 31.6 Å². The lowest BCUT2D eigenvalue weighted by Crippen LogP contribution is -2.48. The molecule has 2 aromatic rings. The monoisotopic (exact) mass is 496 g/mol. The summed E-state index contributed by atoms with van der Waals surface area (Å²) in [6, 6.07) is 9.95. The maximum absolute atomic E-state index is 13.5. The summed E-state index contributed by atoms with van der Waals surface area (Å²) in [7, 11) is 0. The first-order valence-electron chi connectivity index (χ1n) is 9.73. The van der Waals surface area contributed by atoms with Gasteiger partial charge in [-0.05, 0) is 42.0 Å². The smallest absolute Gasteiger partial charge is 0.426 e. The summed E-state index contributed by atoms with van der Waals surface area (Å²) in [5.74, 6) is 0. The zero-order chi connectivity index (χ0) is 24.2. The molecule has 1 N–H and O–H groups in total. The van der Waals surface area contributed by atoms with Crippen LogP contribution in [-0.4, -0.2) is 49.5 Å². The Hall–Kier alpha value is -2.50. The van der Waals surface area contributed by atoms with E-state index in [9.17, 15) is 31.1 Å². The molecule has 0 spiro atoms. The second-order valence-corrected chi connectivity index (χ2v) is 7.74. The molecule has 2 atom stereocenters. The number of nitrogens with zero attached hydrogens (tertiary/aromatic N) is 1. The molecule has 5 nitrogen and oxygen atoms in total. The molecule has 1 heterocycles. The molecular weight excluding hydrogens is 478 g/mol. The van der Waals surface area contributed by atoms with Crippen LogP contribution in [-0.2, 0) is 15.7 Å². The maximum Gasteiger partial charge on any atom is 0.426 e. The number of amides is 1. The Morgan fingerprint density at radius 3 is 2.30 bits per heavy atom. The quantitative estimate of drug-likeness (QED) is 0.523. The Kier molecular flexibility index (Phi) is 7.76. The number of morpholine rings is 1. The molecule has 1 fully saturated rings. The third-order valence-corrected chi connectivity index (χ3v) is 5.14. The van der Waals surface area contributed by atoms with E-state index < -0.39 is 42.8 Å². The summed E-state index contributed by atoms with van der Waals surface area (Å²) >= 11 is 5.73. The van der Waals surface area contributed by atoms with Crippen LogP contribution in [0, 0.1) is 0 Å². The van der Waals surface area contributed by atoms with Gasteiger partial charge in [-0.1, -0.05) is 23.7 Å². The highest BCUT2D eigenvalue weighted by molar-refractivity contribution is 6.30. The molecule has 180 valence electrons. The lowest BCUT2D eigenvalue weighted by Gasteiger charge is -2.35. The van der Waals surface area contributed by atoms with E-state index >= 15 is 0 Å². The number of halogens is 7. The van der Waals surface area contributed by atoms with E-state index in [4.69, 9.17) is 16.3 Å². The third-order valence-electron chi connectivity index (χ3n) is 4.89. The number of carbonyl (C=O) groups is 1. The lowest BCUT2D eigenvalue weighted by molar-refractivity contribution is -0.209. The number of nitrogens with one attached hydrogen (secondary N) is 1. The van der Waals surface area contributed by atoms with Gasteiger partial charge in [-0.3, -0.25) is 10.2 Å². The normalized spacial score (nSPS) is 18.6. The highest BCUT2D eigenvalue weighted by Gasteiger charge is 2.44. The number of rotatable bonds is 5. The minimum atomic E-state index is -4.83. The molecule has 3 rings (SSSR count). The van der Waals surface area contributed by atoms with Gasteiger partial charge in [0, 0.05) is 30.3 Å². The van der Waals surface area contributed by atoms with Crippen LogP contribution in [0.5, 0.6) is 0 Å². The van der Waals surface area contributed by atoms with Crippen molar-refractivity contribution >= 4 is 23.4 Å². The van der Waals surface area contributed by atoms with E-state index in [-0.39, 0.29) is 25.4 Å².